The van der Waals surface area contributed by atoms with Crippen molar-refractivity contribution in [2.75, 3.05) is 13.1 Å². The van der Waals surface area contributed by atoms with Crippen LogP contribution in [0.1, 0.15) is 31.4 Å². The molecule has 0 spiro atoms. The van der Waals surface area contributed by atoms with E-state index in [1.54, 1.807) is 0 Å². The van der Waals surface area contributed by atoms with Crippen LogP contribution in [0, 0.1) is 0 Å². The first-order chi connectivity index (χ1) is 7.27. The molecular weight excluding hydrogens is 182 g/mol. The maximum atomic E-state index is 4.05. The standard InChI is InChI=1S/C14H19N/c1-12-8-10-15(11-9-12)13(2)14-6-4-3-5-7-14/h3-7,13H,1,8-11H2,2H3. The van der Waals surface area contributed by atoms with Gasteiger partial charge in [0.15, 0.2) is 0 Å². The van der Waals surface area contributed by atoms with Crippen LogP contribution in [0.15, 0.2) is 42.5 Å². The molecule has 1 heteroatoms. The normalized spacial score (nSPS) is 20.2. The van der Waals surface area contributed by atoms with Gasteiger partial charge in [-0.2, -0.15) is 0 Å². The largest absolute Gasteiger partial charge is 0.296 e. The van der Waals surface area contributed by atoms with Crippen LogP contribution in [0.2, 0.25) is 0 Å². The minimum atomic E-state index is 0.541. The minimum absolute atomic E-state index is 0.541. The molecule has 1 unspecified atom stereocenters. The molecule has 15 heavy (non-hydrogen) atoms. The highest BCUT2D eigenvalue weighted by Crippen LogP contribution is 2.25. The molecule has 0 bridgehead atoms. The second-order valence-electron chi connectivity index (χ2n) is 4.37. The number of piperidine rings is 1. The predicted molar refractivity (Wildman–Crippen MR) is 64.8 cm³/mol. The Morgan fingerprint density at radius 3 is 2.33 bits per heavy atom. The van der Waals surface area contributed by atoms with Crippen LogP contribution >= 0.6 is 0 Å². The Balaban J connectivity index is 2.02. The van der Waals surface area contributed by atoms with Crippen LogP contribution in [0.3, 0.4) is 0 Å². The molecule has 2 rings (SSSR count). The number of hydrogen-bond donors (Lipinski definition) is 0. The Morgan fingerprint density at radius 1 is 1.13 bits per heavy atom. The van der Waals surface area contributed by atoms with Crippen molar-refractivity contribution in [1.29, 1.82) is 0 Å². The van der Waals surface area contributed by atoms with E-state index in [-0.39, 0.29) is 0 Å². The van der Waals surface area contributed by atoms with Gasteiger partial charge in [0.2, 0.25) is 0 Å². The van der Waals surface area contributed by atoms with Gasteiger partial charge in [-0.3, -0.25) is 4.90 Å². The highest BCUT2D eigenvalue weighted by atomic mass is 15.2. The Kier molecular flexibility index (Phi) is 3.22. The van der Waals surface area contributed by atoms with E-state index in [9.17, 15) is 0 Å². The zero-order valence-electron chi connectivity index (χ0n) is 9.45. The second kappa shape index (κ2) is 4.63. The summed E-state index contributed by atoms with van der Waals surface area (Å²) >= 11 is 0. The average molecular weight is 201 g/mol. The molecule has 1 atom stereocenters. The molecule has 1 heterocycles. The van der Waals surface area contributed by atoms with E-state index in [1.807, 2.05) is 0 Å². The van der Waals surface area contributed by atoms with Gasteiger partial charge in [0.25, 0.3) is 0 Å². The van der Waals surface area contributed by atoms with Gasteiger partial charge in [-0.05, 0) is 25.3 Å². The van der Waals surface area contributed by atoms with Gasteiger partial charge in [-0.25, -0.2) is 0 Å². The van der Waals surface area contributed by atoms with Crippen molar-refractivity contribution in [3.05, 3.63) is 48.0 Å². The molecule has 0 N–H and O–H groups in total. The molecular formula is C14H19N. The SMILES string of the molecule is C=C1CCN(C(C)c2ccccc2)CC1. The van der Waals surface area contributed by atoms with Gasteiger partial charge in [0, 0.05) is 19.1 Å². The van der Waals surface area contributed by atoms with Gasteiger partial charge in [-0.1, -0.05) is 42.5 Å². The maximum Gasteiger partial charge on any atom is 0.0320 e. The van der Waals surface area contributed by atoms with E-state index < -0.39 is 0 Å². The number of rotatable bonds is 2. The molecule has 1 fully saturated rings. The summed E-state index contributed by atoms with van der Waals surface area (Å²) in [5.74, 6) is 0. The van der Waals surface area contributed by atoms with E-state index in [2.05, 4.69) is 48.7 Å². The molecule has 0 radical (unpaired) electrons. The molecule has 1 aliphatic heterocycles. The third-order valence-electron chi connectivity index (χ3n) is 3.33. The summed E-state index contributed by atoms with van der Waals surface area (Å²) in [4.78, 5) is 2.55. The van der Waals surface area contributed by atoms with Crippen molar-refractivity contribution < 1.29 is 0 Å². The predicted octanol–water partition coefficient (Wildman–Crippen LogP) is 3.40. The van der Waals surface area contributed by atoms with Gasteiger partial charge < -0.3 is 0 Å². The summed E-state index contributed by atoms with van der Waals surface area (Å²) < 4.78 is 0. The zero-order valence-corrected chi connectivity index (χ0v) is 9.45. The number of nitrogens with zero attached hydrogens (tertiary/aromatic N) is 1. The molecule has 1 nitrogen and oxygen atoms in total. The quantitative estimate of drug-likeness (QED) is 0.663. The lowest BCUT2D eigenvalue weighted by molar-refractivity contribution is 0.197. The molecule has 80 valence electrons. The topological polar surface area (TPSA) is 3.24 Å². The van der Waals surface area contributed by atoms with Gasteiger partial charge in [0.05, 0.1) is 0 Å². The summed E-state index contributed by atoms with van der Waals surface area (Å²) in [6, 6.07) is 11.3. The summed E-state index contributed by atoms with van der Waals surface area (Å²) in [6.07, 6.45) is 2.33. The van der Waals surface area contributed by atoms with Crippen LogP contribution < -0.4 is 0 Å². The summed E-state index contributed by atoms with van der Waals surface area (Å²) in [6.45, 7) is 8.67. The fraction of sp³-hybridized carbons (Fsp3) is 0.429. The zero-order chi connectivity index (χ0) is 10.7. The van der Waals surface area contributed by atoms with Gasteiger partial charge in [-0.15, -0.1) is 0 Å². The second-order valence-corrected chi connectivity index (χ2v) is 4.37. The van der Waals surface area contributed by atoms with Gasteiger partial charge in [0.1, 0.15) is 0 Å². The molecule has 0 aliphatic carbocycles. The highest BCUT2D eigenvalue weighted by molar-refractivity contribution is 5.18. The molecule has 0 amide bonds. The van der Waals surface area contributed by atoms with E-state index in [4.69, 9.17) is 0 Å². The molecule has 1 aromatic carbocycles. The van der Waals surface area contributed by atoms with E-state index >= 15 is 0 Å². The van der Waals surface area contributed by atoms with Gasteiger partial charge >= 0.3 is 0 Å². The van der Waals surface area contributed by atoms with Crippen molar-refractivity contribution >= 4 is 0 Å². The van der Waals surface area contributed by atoms with Crippen molar-refractivity contribution in [2.24, 2.45) is 0 Å². The Hall–Kier alpha value is -1.08. The Labute approximate surface area is 92.4 Å². The van der Waals surface area contributed by atoms with Crippen molar-refractivity contribution in [3.63, 3.8) is 0 Å². The Bertz CT molecular complexity index is 318. The lowest BCUT2D eigenvalue weighted by Crippen LogP contribution is -2.32. The minimum Gasteiger partial charge on any atom is -0.296 e. The molecule has 1 saturated heterocycles. The molecule has 1 aromatic rings. The third-order valence-corrected chi connectivity index (χ3v) is 3.33. The van der Waals surface area contributed by atoms with Crippen LogP contribution in [-0.4, -0.2) is 18.0 Å². The van der Waals surface area contributed by atoms with Crippen molar-refractivity contribution in [2.45, 2.75) is 25.8 Å². The van der Waals surface area contributed by atoms with Crippen LogP contribution in [0.25, 0.3) is 0 Å². The average Bonchev–Trinajstić information content (AvgIpc) is 2.30. The molecule has 1 aliphatic rings. The monoisotopic (exact) mass is 201 g/mol. The summed E-state index contributed by atoms with van der Waals surface area (Å²) in [7, 11) is 0. The number of hydrogen-bond acceptors (Lipinski definition) is 1. The first kappa shape index (κ1) is 10.4. The van der Waals surface area contributed by atoms with Crippen molar-refractivity contribution in [1.82, 2.24) is 4.90 Å². The lowest BCUT2D eigenvalue weighted by Gasteiger charge is -2.33. The van der Waals surface area contributed by atoms with Crippen molar-refractivity contribution in [3.8, 4) is 0 Å². The van der Waals surface area contributed by atoms with E-state index in [1.165, 1.54) is 11.1 Å². The fourth-order valence-electron chi connectivity index (χ4n) is 2.17. The van der Waals surface area contributed by atoms with Crippen LogP contribution in [-0.2, 0) is 0 Å². The third kappa shape index (κ3) is 2.48. The fourth-order valence-corrected chi connectivity index (χ4v) is 2.17. The van der Waals surface area contributed by atoms with E-state index in [0.717, 1.165) is 25.9 Å². The molecule has 0 saturated carbocycles. The Morgan fingerprint density at radius 2 is 1.73 bits per heavy atom. The smallest absolute Gasteiger partial charge is 0.0320 e. The van der Waals surface area contributed by atoms with Crippen LogP contribution in [0.5, 0.6) is 0 Å². The summed E-state index contributed by atoms with van der Waals surface area (Å²) in [5, 5.41) is 0. The highest BCUT2D eigenvalue weighted by Gasteiger charge is 2.18. The number of likely N-dealkylation sites (tertiary alicyclic amines) is 1. The van der Waals surface area contributed by atoms with Crippen LogP contribution in [0.4, 0.5) is 0 Å². The summed E-state index contributed by atoms with van der Waals surface area (Å²) in [5.41, 5.74) is 2.83. The maximum absolute atomic E-state index is 4.05. The first-order valence-electron chi connectivity index (χ1n) is 5.73. The van der Waals surface area contributed by atoms with E-state index in [0.29, 0.717) is 6.04 Å². The number of benzene rings is 1. The first-order valence-corrected chi connectivity index (χ1v) is 5.73. The lowest BCUT2D eigenvalue weighted by atomic mass is 10.0. The molecule has 0 aromatic heterocycles.